The van der Waals surface area contributed by atoms with Gasteiger partial charge in [-0.05, 0) is 70.8 Å². The summed E-state index contributed by atoms with van der Waals surface area (Å²) in [5.41, 5.74) is 1.76. The van der Waals surface area contributed by atoms with Crippen molar-refractivity contribution in [3.05, 3.63) is 39.8 Å². The standard InChI is InChI=1S/C25H34N6O3S/c1-18-6-8-20(9-7-18)27-22(33)23-28-29-24(35-23)25(34)31-16-10-19(11-17-31)21(32)26-12-5-15-30-13-3-2-4-14-30/h6-9,19H,2-5,10-17H2,1H3,(H,26,32)(H,27,33). The first-order valence-corrected chi connectivity index (χ1v) is 13.3. The van der Waals surface area contributed by atoms with E-state index >= 15 is 0 Å². The Labute approximate surface area is 210 Å². The lowest BCUT2D eigenvalue weighted by Gasteiger charge is -2.30. The summed E-state index contributed by atoms with van der Waals surface area (Å²) in [4.78, 5) is 42.0. The van der Waals surface area contributed by atoms with Crippen LogP contribution in [0, 0.1) is 12.8 Å². The summed E-state index contributed by atoms with van der Waals surface area (Å²) >= 11 is 0.989. The maximum Gasteiger partial charge on any atom is 0.286 e. The maximum atomic E-state index is 12.9. The lowest BCUT2D eigenvalue weighted by Crippen LogP contribution is -2.43. The molecule has 0 saturated carbocycles. The van der Waals surface area contributed by atoms with E-state index in [-0.39, 0.29) is 33.7 Å². The molecule has 188 valence electrons. The van der Waals surface area contributed by atoms with Gasteiger partial charge in [0.05, 0.1) is 0 Å². The normalized spacial score (nSPS) is 17.2. The van der Waals surface area contributed by atoms with Crippen molar-refractivity contribution in [3.8, 4) is 0 Å². The molecule has 3 heterocycles. The molecule has 9 nitrogen and oxygen atoms in total. The van der Waals surface area contributed by atoms with Gasteiger partial charge in [-0.1, -0.05) is 35.5 Å². The fourth-order valence-corrected chi connectivity index (χ4v) is 5.25. The number of aromatic nitrogens is 2. The van der Waals surface area contributed by atoms with Crippen LogP contribution in [-0.4, -0.2) is 77.0 Å². The van der Waals surface area contributed by atoms with E-state index in [0.717, 1.165) is 29.9 Å². The number of nitrogens with zero attached hydrogens (tertiary/aromatic N) is 4. The van der Waals surface area contributed by atoms with Crippen molar-refractivity contribution in [2.75, 3.05) is 44.6 Å². The van der Waals surface area contributed by atoms with Crippen LogP contribution in [0.2, 0.25) is 0 Å². The van der Waals surface area contributed by atoms with Crippen LogP contribution in [0.3, 0.4) is 0 Å². The van der Waals surface area contributed by atoms with E-state index < -0.39 is 0 Å². The molecule has 2 fully saturated rings. The first kappa shape index (κ1) is 25.2. The minimum Gasteiger partial charge on any atom is -0.356 e. The molecule has 4 rings (SSSR count). The van der Waals surface area contributed by atoms with Gasteiger partial charge in [0.2, 0.25) is 15.9 Å². The van der Waals surface area contributed by atoms with Crippen molar-refractivity contribution in [3.63, 3.8) is 0 Å². The van der Waals surface area contributed by atoms with Crippen molar-refractivity contribution in [1.29, 1.82) is 0 Å². The van der Waals surface area contributed by atoms with Crippen molar-refractivity contribution in [2.24, 2.45) is 5.92 Å². The highest BCUT2D eigenvalue weighted by Crippen LogP contribution is 2.21. The number of hydrogen-bond acceptors (Lipinski definition) is 7. The molecular weight excluding hydrogens is 464 g/mol. The summed E-state index contributed by atoms with van der Waals surface area (Å²) in [6.07, 6.45) is 6.12. The fourth-order valence-electron chi connectivity index (χ4n) is 4.54. The number of carbonyl (C=O) groups excluding carboxylic acids is 3. The van der Waals surface area contributed by atoms with E-state index in [0.29, 0.717) is 38.2 Å². The van der Waals surface area contributed by atoms with E-state index in [4.69, 9.17) is 0 Å². The van der Waals surface area contributed by atoms with E-state index in [9.17, 15) is 14.4 Å². The van der Waals surface area contributed by atoms with Crippen LogP contribution in [-0.2, 0) is 4.79 Å². The van der Waals surface area contributed by atoms with E-state index in [1.807, 2.05) is 31.2 Å². The van der Waals surface area contributed by atoms with Gasteiger partial charge in [-0.25, -0.2) is 0 Å². The number of aryl methyl sites for hydroxylation is 1. The number of anilines is 1. The van der Waals surface area contributed by atoms with Crippen LogP contribution in [0.25, 0.3) is 0 Å². The Morgan fingerprint density at radius 3 is 2.37 bits per heavy atom. The summed E-state index contributed by atoms with van der Waals surface area (Å²) < 4.78 is 0. The number of carbonyl (C=O) groups is 3. The molecule has 0 radical (unpaired) electrons. The number of nitrogens with one attached hydrogen (secondary N) is 2. The Bertz CT molecular complexity index is 1010. The zero-order chi connectivity index (χ0) is 24.6. The molecule has 1 aromatic carbocycles. The second-order valence-electron chi connectivity index (χ2n) is 9.35. The third kappa shape index (κ3) is 7.08. The van der Waals surface area contributed by atoms with Gasteiger partial charge in [0, 0.05) is 31.2 Å². The minimum absolute atomic E-state index is 0.0701. The number of likely N-dealkylation sites (tertiary alicyclic amines) is 2. The molecule has 0 spiro atoms. The molecule has 2 aliphatic heterocycles. The van der Waals surface area contributed by atoms with Crippen molar-refractivity contribution in [1.82, 2.24) is 25.3 Å². The van der Waals surface area contributed by atoms with Gasteiger partial charge in [-0.15, -0.1) is 10.2 Å². The molecule has 0 bridgehead atoms. The average molecular weight is 499 g/mol. The van der Waals surface area contributed by atoms with Crippen LogP contribution >= 0.6 is 11.3 Å². The summed E-state index contributed by atoms with van der Waals surface area (Å²) in [5.74, 6) is -0.612. The molecule has 0 unspecified atom stereocenters. The first-order chi connectivity index (χ1) is 17.0. The summed E-state index contributed by atoms with van der Waals surface area (Å²) in [6.45, 7) is 7.06. The van der Waals surface area contributed by atoms with Crippen LogP contribution < -0.4 is 10.6 Å². The number of rotatable bonds is 8. The molecule has 1 aromatic heterocycles. The van der Waals surface area contributed by atoms with Gasteiger partial charge in [0.15, 0.2) is 0 Å². The monoisotopic (exact) mass is 498 g/mol. The van der Waals surface area contributed by atoms with Gasteiger partial charge in [-0.3, -0.25) is 14.4 Å². The molecule has 0 atom stereocenters. The topological polar surface area (TPSA) is 108 Å². The van der Waals surface area contributed by atoms with Crippen LogP contribution in [0.15, 0.2) is 24.3 Å². The highest BCUT2D eigenvalue weighted by atomic mass is 32.1. The lowest BCUT2D eigenvalue weighted by molar-refractivity contribution is -0.126. The molecule has 0 aliphatic carbocycles. The smallest absolute Gasteiger partial charge is 0.286 e. The lowest BCUT2D eigenvalue weighted by atomic mass is 9.96. The van der Waals surface area contributed by atoms with Crippen molar-refractivity contribution < 1.29 is 14.4 Å². The second kappa shape index (κ2) is 12.2. The highest BCUT2D eigenvalue weighted by Gasteiger charge is 2.29. The van der Waals surface area contributed by atoms with Crippen LogP contribution in [0.5, 0.6) is 0 Å². The molecule has 3 amide bonds. The Hall–Kier alpha value is -2.85. The first-order valence-electron chi connectivity index (χ1n) is 12.5. The quantitative estimate of drug-likeness (QED) is 0.542. The fraction of sp³-hybridized carbons (Fsp3) is 0.560. The molecule has 2 aliphatic rings. The van der Waals surface area contributed by atoms with Gasteiger partial charge >= 0.3 is 0 Å². The summed E-state index contributed by atoms with van der Waals surface area (Å²) in [7, 11) is 0. The Morgan fingerprint density at radius 2 is 1.66 bits per heavy atom. The van der Waals surface area contributed by atoms with E-state index in [1.165, 1.54) is 32.4 Å². The number of amides is 3. The van der Waals surface area contributed by atoms with Crippen molar-refractivity contribution >= 4 is 34.7 Å². The molecular formula is C25H34N6O3S. The SMILES string of the molecule is Cc1ccc(NC(=O)c2nnc(C(=O)N3CCC(C(=O)NCCCN4CCCCC4)CC3)s2)cc1. The number of hydrogen-bond donors (Lipinski definition) is 2. The average Bonchev–Trinajstić information content (AvgIpc) is 3.39. The number of benzene rings is 1. The second-order valence-corrected chi connectivity index (χ2v) is 10.3. The molecule has 35 heavy (non-hydrogen) atoms. The molecule has 2 aromatic rings. The van der Waals surface area contributed by atoms with E-state index in [2.05, 4.69) is 25.7 Å². The zero-order valence-electron chi connectivity index (χ0n) is 20.3. The van der Waals surface area contributed by atoms with Gasteiger partial charge in [-0.2, -0.15) is 0 Å². The Kier molecular flexibility index (Phi) is 8.81. The molecule has 10 heteroatoms. The van der Waals surface area contributed by atoms with E-state index in [1.54, 1.807) is 4.90 Å². The van der Waals surface area contributed by atoms with Gasteiger partial charge in [0.25, 0.3) is 11.8 Å². The summed E-state index contributed by atoms with van der Waals surface area (Å²) in [5, 5.41) is 14.0. The third-order valence-electron chi connectivity index (χ3n) is 6.66. The number of piperidine rings is 2. The highest BCUT2D eigenvalue weighted by molar-refractivity contribution is 7.15. The predicted octanol–water partition coefficient (Wildman–Crippen LogP) is 2.94. The molecule has 2 N–H and O–H groups in total. The molecule has 2 saturated heterocycles. The van der Waals surface area contributed by atoms with Gasteiger partial charge < -0.3 is 20.4 Å². The maximum absolute atomic E-state index is 12.9. The summed E-state index contributed by atoms with van der Waals surface area (Å²) in [6, 6.07) is 7.44. The largest absolute Gasteiger partial charge is 0.356 e. The minimum atomic E-state index is -0.388. The van der Waals surface area contributed by atoms with Crippen molar-refractivity contribution in [2.45, 2.75) is 45.4 Å². The Morgan fingerprint density at radius 1 is 0.971 bits per heavy atom. The van der Waals surface area contributed by atoms with Crippen LogP contribution in [0.1, 0.15) is 63.7 Å². The Balaban J connectivity index is 1.19. The zero-order valence-corrected chi connectivity index (χ0v) is 21.1. The third-order valence-corrected chi connectivity index (χ3v) is 7.57. The van der Waals surface area contributed by atoms with Gasteiger partial charge in [0.1, 0.15) is 0 Å². The predicted molar refractivity (Wildman–Crippen MR) is 136 cm³/mol. The van der Waals surface area contributed by atoms with Crippen LogP contribution in [0.4, 0.5) is 5.69 Å².